The van der Waals surface area contributed by atoms with Crippen molar-refractivity contribution >= 4 is 44.8 Å². The van der Waals surface area contributed by atoms with Gasteiger partial charge in [-0.25, -0.2) is 4.98 Å². The van der Waals surface area contributed by atoms with Crippen LogP contribution in [0, 0.1) is 0 Å². The molecule has 0 saturated carbocycles. The van der Waals surface area contributed by atoms with Gasteiger partial charge >= 0.3 is 0 Å². The lowest BCUT2D eigenvalue weighted by Crippen LogP contribution is -2.01. The largest absolute Gasteiger partial charge is 0.330 e. The van der Waals surface area contributed by atoms with Crippen LogP contribution in [0.15, 0.2) is 12.1 Å². The lowest BCUT2D eigenvalue weighted by molar-refractivity contribution is 0.958. The SMILES string of the molecule is NCCc1nc2c(Cl)c(Cl)ccc2s1. The van der Waals surface area contributed by atoms with Crippen molar-refractivity contribution in [3.05, 3.63) is 27.2 Å². The molecule has 0 aliphatic rings. The second kappa shape index (κ2) is 4.03. The van der Waals surface area contributed by atoms with E-state index in [1.54, 1.807) is 17.4 Å². The number of nitrogens with zero attached hydrogens (tertiary/aromatic N) is 1. The Morgan fingerprint density at radius 3 is 2.86 bits per heavy atom. The third-order valence-corrected chi connectivity index (χ3v) is 3.73. The minimum Gasteiger partial charge on any atom is -0.330 e. The molecule has 2 aromatic rings. The average Bonchev–Trinajstić information content (AvgIpc) is 2.56. The monoisotopic (exact) mass is 246 g/mol. The maximum Gasteiger partial charge on any atom is 0.102 e. The molecule has 0 fully saturated rings. The van der Waals surface area contributed by atoms with Crippen LogP contribution < -0.4 is 5.73 Å². The van der Waals surface area contributed by atoms with Crippen molar-refractivity contribution in [2.45, 2.75) is 6.42 Å². The fourth-order valence-corrected chi connectivity index (χ4v) is 2.62. The number of aromatic nitrogens is 1. The summed E-state index contributed by atoms with van der Waals surface area (Å²) in [6.45, 7) is 0.602. The first-order chi connectivity index (χ1) is 6.72. The van der Waals surface area contributed by atoms with Crippen LogP contribution in [0.4, 0.5) is 0 Å². The van der Waals surface area contributed by atoms with Crippen molar-refractivity contribution in [1.82, 2.24) is 4.98 Å². The van der Waals surface area contributed by atoms with E-state index in [0.29, 0.717) is 16.6 Å². The highest BCUT2D eigenvalue weighted by atomic mass is 35.5. The first-order valence-corrected chi connectivity index (χ1v) is 5.73. The molecule has 0 saturated heterocycles. The number of hydrogen-bond donors (Lipinski definition) is 1. The first-order valence-electron chi connectivity index (χ1n) is 4.16. The van der Waals surface area contributed by atoms with Crippen molar-refractivity contribution < 1.29 is 0 Å². The van der Waals surface area contributed by atoms with Gasteiger partial charge in [-0.15, -0.1) is 11.3 Å². The first kappa shape index (κ1) is 10.2. The molecule has 14 heavy (non-hydrogen) atoms. The summed E-state index contributed by atoms with van der Waals surface area (Å²) in [5, 5.41) is 2.08. The summed E-state index contributed by atoms with van der Waals surface area (Å²) >= 11 is 13.5. The molecule has 0 unspecified atom stereocenters. The van der Waals surface area contributed by atoms with Crippen molar-refractivity contribution in [2.75, 3.05) is 6.54 Å². The van der Waals surface area contributed by atoms with E-state index in [2.05, 4.69) is 4.98 Å². The van der Waals surface area contributed by atoms with Gasteiger partial charge < -0.3 is 5.73 Å². The quantitative estimate of drug-likeness (QED) is 0.885. The van der Waals surface area contributed by atoms with E-state index in [9.17, 15) is 0 Å². The Hall–Kier alpha value is -0.350. The van der Waals surface area contributed by atoms with Crippen LogP contribution in [-0.4, -0.2) is 11.5 Å². The second-order valence-corrected chi connectivity index (χ2v) is 4.75. The minimum absolute atomic E-state index is 0.531. The Bertz CT molecular complexity index is 467. The normalized spacial score (nSPS) is 11.1. The Morgan fingerprint density at radius 1 is 1.36 bits per heavy atom. The van der Waals surface area contributed by atoms with Crippen LogP contribution >= 0.6 is 34.5 Å². The fraction of sp³-hybridized carbons (Fsp3) is 0.222. The molecular weight excluding hydrogens is 239 g/mol. The average molecular weight is 247 g/mol. The molecule has 2 nitrogen and oxygen atoms in total. The van der Waals surface area contributed by atoms with Gasteiger partial charge in [-0.1, -0.05) is 23.2 Å². The van der Waals surface area contributed by atoms with E-state index < -0.39 is 0 Å². The number of hydrogen-bond acceptors (Lipinski definition) is 3. The molecule has 0 spiro atoms. The standard InChI is InChI=1S/C9H8Cl2N2S/c10-5-1-2-6-9(8(5)11)13-7(14-6)3-4-12/h1-2H,3-4,12H2. The maximum atomic E-state index is 6.02. The zero-order valence-electron chi connectivity index (χ0n) is 7.26. The smallest absolute Gasteiger partial charge is 0.102 e. The lowest BCUT2D eigenvalue weighted by atomic mass is 10.3. The van der Waals surface area contributed by atoms with Crippen LogP contribution in [0.5, 0.6) is 0 Å². The molecule has 0 bridgehead atoms. The van der Waals surface area contributed by atoms with E-state index in [1.807, 2.05) is 6.07 Å². The van der Waals surface area contributed by atoms with Crippen LogP contribution in [0.3, 0.4) is 0 Å². The highest BCUT2D eigenvalue weighted by Gasteiger charge is 2.09. The van der Waals surface area contributed by atoms with Gasteiger partial charge in [0.15, 0.2) is 0 Å². The summed E-state index contributed by atoms with van der Waals surface area (Å²) < 4.78 is 1.06. The van der Waals surface area contributed by atoms with Gasteiger partial charge in [-0.3, -0.25) is 0 Å². The number of halogens is 2. The van der Waals surface area contributed by atoms with Crippen molar-refractivity contribution in [1.29, 1.82) is 0 Å². The Balaban J connectivity index is 2.59. The van der Waals surface area contributed by atoms with E-state index in [1.165, 1.54) is 0 Å². The molecule has 1 heterocycles. The van der Waals surface area contributed by atoms with Crippen LogP contribution in [0.25, 0.3) is 10.2 Å². The molecule has 2 N–H and O–H groups in total. The topological polar surface area (TPSA) is 38.9 Å². The van der Waals surface area contributed by atoms with Crippen LogP contribution in [0.1, 0.15) is 5.01 Å². The number of nitrogens with two attached hydrogens (primary N) is 1. The zero-order chi connectivity index (χ0) is 10.1. The van der Waals surface area contributed by atoms with Crippen molar-refractivity contribution in [3.63, 3.8) is 0 Å². The molecule has 1 aromatic carbocycles. The summed E-state index contributed by atoms with van der Waals surface area (Å²) in [5.74, 6) is 0. The van der Waals surface area contributed by atoms with E-state index in [4.69, 9.17) is 28.9 Å². The lowest BCUT2D eigenvalue weighted by Gasteiger charge is -1.93. The highest BCUT2D eigenvalue weighted by molar-refractivity contribution is 7.18. The Morgan fingerprint density at radius 2 is 2.14 bits per heavy atom. The molecule has 2 rings (SSSR count). The van der Waals surface area contributed by atoms with Crippen molar-refractivity contribution in [3.8, 4) is 0 Å². The van der Waals surface area contributed by atoms with Gasteiger partial charge in [0.1, 0.15) is 5.52 Å². The summed E-state index contributed by atoms with van der Waals surface area (Å²) in [6, 6.07) is 3.72. The molecule has 0 aliphatic heterocycles. The molecule has 1 aromatic heterocycles. The second-order valence-electron chi connectivity index (χ2n) is 2.85. The number of fused-ring (bicyclic) bond motifs is 1. The van der Waals surface area contributed by atoms with E-state index in [0.717, 1.165) is 21.6 Å². The Kier molecular flexibility index (Phi) is 2.93. The predicted molar refractivity (Wildman–Crippen MR) is 62.4 cm³/mol. The van der Waals surface area contributed by atoms with Gasteiger partial charge in [0.25, 0.3) is 0 Å². The molecule has 0 radical (unpaired) electrons. The van der Waals surface area contributed by atoms with Crippen LogP contribution in [-0.2, 0) is 6.42 Å². The highest BCUT2D eigenvalue weighted by Crippen LogP contribution is 2.33. The number of rotatable bonds is 2. The summed E-state index contributed by atoms with van der Waals surface area (Å²) in [7, 11) is 0. The molecular formula is C9H8Cl2N2S. The summed E-state index contributed by atoms with van der Waals surface area (Å²) in [6.07, 6.45) is 0.785. The molecule has 0 amide bonds. The summed E-state index contributed by atoms with van der Waals surface area (Å²) in [4.78, 5) is 4.38. The van der Waals surface area contributed by atoms with Gasteiger partial charge in [0.05, 0.1) is 19.8 Å². The molecule has 5 heteroatoms. The van der Waals surface area contributed by atoms with Gasteiger partial charge in [0.2, 0.25) is 0 Å². The number of thiazole rings is 1. The van der Waals surface area contributed by atoms with Gasteiger partial charge in [0, 0.05) is 6.42 Å². The van der Waals surface area contributed by atoms with Crippen LogP contribution in [0.2, 0.25) is 10.0 Å². The summed E-state index contributed by atoms with van der Waals surface area (Å²) in [5.41, 5.74) is 6.24. The minimum atomic E-state index is 0.531. The third-order valence-electron chi connectivity index (χ3n) is 1.85. The van der Waals surface area contributed by atoms with Gasteiger partial charge in [-0.05, 0) is 18.7 Å². The molecule has 0 atom stereocenters. The van der Waals surface area contributed by atoms with E-state index in [-0.39, 0.29) is 0 Å². The predicted octanol–water partition coefficient (Wildman–Crippen LogP) is 3.10. The third kappa shape index (κ3) is 1.73. The number of benzene rings is 1. The maximum absolute atomic E-state index is 6.02. The fourth-order valence-electron chi connectivity index (χ4n) is 1.21. The molecule has 0 aliphatic carbocycles. The Labute approximate surface area is 95.6 Å². The van der Waals surface area contributed by atoms with E-state index >= 15 is 0 Å². The zero-order valence-corrected chi connectivity index (χ0v) is 9.59. The van der Waals surface area contributed by atoms with Gasteiger partial charge in [-0.2, -0.15) is 0 Å². The molecule has 74 valence electrons. The van der Waals surface area contributed by atoms with Crippen molar-refractivity contribution in [2.24, 2.45) is 5.73 Å².